The highest BCUT2D eigenvalue weighted by Crippen LogP contribution is 2.17. The fourth-order valence-corrected chi connectivity index (χ4v) is 5.57. The van der Waals surface area contributed by atoms with Crippen LogP contribution in [0.15, 0.2) is 72.8 Å². The van der Waals surface area contributed by atoms with Gasteiger partial charge in [-0.1, -0.05) is 53.1 Å². The molecule has 3 aromatic carbocycles. The Labute approximate surface area is 360 Å². The van der Waals surface area contributed by atoms with Gasteiger partial charge in [0.1, 0.15) is 19.8 Å². The first kappa shape index (κ1) is 48.4. The number of amides is 6. The van der Waals surface area contributed by atoms with Crippen LogP contribution in [0.4, 0.5) is 17.1 Å². The fourth-order valence-electron chi connectivity index (χ4n) is 5.57. The average Bonchev–Trinajstić information content (AvgIpc) is 3.27. The lowest BCUT2D eigenvalue weighted by Crippen LogP contribution is -2.53. The molecule has 0 aliphatic carbocycles. The number of carbonyl (C=O) groups excluding carboxylic acids is 9. The van der Waals surface area contributed by atoms with E-state index in [0.29, 0.717) is 15.2 Å². The Hall–Kier alpha value is -7.23. The molecule has 21 nitrogen and oxygen atoms in total. The van der Waals surface area contributed by atoms with Crippen molar-refractivity contribution in [2.24, 2.45) is 0 Å². The number of nitrogens with zero attached hydrogens (tertiary/aromatic N) is 3. The van der Waals surface area contributed by atoms with E-state index in [1.54, 1.807) is 57.2 Å². The van der Waals surface area contributed by atoms with Crippen LogP contribution in [0.2, 0.25) is 0 Å². The van der Waals surface area contributed by atoms with Gasteiger partial charge in [-0.05, 0) is 57.2 Å². The molecule has 1 saturated heterocycles. The summed E-state index contributed by atoms with van der Waals surface area (Å²) < 4.78 is 15.6. The highest BCUT2D eigenvalue weighted by Gasteiger charge is 2.34. The first-order chi connectivity index (χ1) is 29.9. The van der Waals surface area contributed by atoms with Gasteiger partial charge in [0.05, 0.1) is 17.1 Å². The molecule has 1 fully saturated rings. The smallest absolute Gasteiger partial charge is 0.332 e. The van der Waals surface area contributed by atoms with Gasteiger partial charge in [-0.2, -0.15) is 15.2 Å². The highest BCUT2D eigenvalue weighted by molar-refractivity contribution is 5.96. The SMILES string of the molecule is Cc1ccc(N(O)C(=O)CCC(=O)NC2COC(=O)C(NC(=O)CCC(=O)N(O)c3ccc(C)cc3)COC(=O)C(NC(=O)CCC(=O)N(O)c3ccc(C)cc3)COC2=O)cc1. The van der Waals surface area contributed by atoms with E-state index in [1.807, 2.05) is 0 Å². The van der Waals surface area contributed by atoms with Crippen LogP contribution in [0, 0.1) is 20.8 Å². The summed E-state index contributed by atoms with van der Waals surface area (Å²) in [5, 5.41) is 38.7. The Balaban J connectivity index is 1.44. The van der Waals surface area contributed by atoms with Crippen LogP contribution in [-0.4, -0.2) is 107 Å². The van der Waals surface area contributed by atoms with Crippen LogP contribution < -0.4 is 31.1 Å². The molecule has 1 heterocycles. The minimum atomic E-state index is -1.77. The van der Waals surface area contributed by atoms with E-state index in [1.165, 1.54) is 36.4 Å². The van der Waals surface area contributed by atoms with E-state index in [0.717, 1.165) is 16.7 Å². The summed E-state index contributed by atoms with van der Waals surface area (Å²) in [6, 6.07) is 13.5. The van der Waals surface area contributed by atoms with Gasteiger partial charge >= 0.3 is 17.9 Å². The third-order valence-corrected chi connectivity index (χ3v) is 9.28. The number of esters is 3. The van der Waals surface area contributed by atoms with Gasteiger partial charge in [-0.3, -0.25) is 44.4 Å². The molecule has 3 unspecified atom stereocenters. The first-order valence-corrected chi connectivity index (χ1v) is 19.5. The van der Waals surface area contributed by atoms with Crippen molar-refractivity contribution < 1.29 is 73.0 Å². The molecule has 3 aromatic rings. The van der Waals surface area contributed by atoms with Crippen molar-refractivity contribution in [1.82, 2.24) is 16.0 Å². The van der Waals surface area contributed by atoms with Gasteiger partial charge in [-0.15, -0.1) is 0 Å². The van der Waals surface area contributed by atoms with Crippen LogP contribution in [0.25, 0.3) is 0 Å². The quantitative estimate of drug-likeness (QED) is 0.0548. The van der Waals surface area contributed by atoms with Gasteiger partial charge < -0.3 is 30.2 Å². The first-order valence-electron chi connectivity index (χ1n) is 19.5. The number of anilines is 3. The lowest BCUT2D eigenvalue weighted by atomic mass is 10.2. The molecule has 1 aliphatic heterocycles. The molecule has 3 atom stereocenters. The van der Waals surface area contributed by atoms with Gasteiger partial charge in [0.2, 0.25) is 17.7 Å². The van der Waals surface area contributed by atoms with Gasteiger partial charge in [0.25, 0.3) is 17.7 Å². The van der Waals surface area contributed by atoms with Gasteiger partial charge in [0.15, 0.2) is 18.1 Å². The summed E-state index contributed by atoms with van der Waals surface area (Å²) in [5.41, 5.74) is 3.00. The zero-order valence-electron chi connectivity index (χ0n) is 34.6. The van der Waals surface area contributed by atoms with Crippen molar-refractivity contribution in [3.05, 3.63) is 89.5 Å². The highest BCUT2D eigenvalue weighted by atomic mass is 16.6. The number of hydroxylamine groups is 3. The number of benzene rings is 3. The second-order valence-corrected chi connectivity index (χ2v) is 14.4. The molecule has 0 bridgehead atoms. The Morgan fingerprint density at radius 1 is 0.444 bits per heavy atom. The number of aryl methyl sites for hydroxylation is 3. The number of nitrogens with one attached hydrogen (secondary N) is 3. The summed E-state index contributed by atoms with van der Waals surface area (Å²) in [4.78, 5) is 117. The number of rotatable bonds is 15. The molecule has 336 valence electrons. The molecule has 0 radical (unpaired) electrons. The molecule has 0 saturated carbocycles. The normalized spacial score (nSPS) is 16.7. The lowest BCUT2D eigenvalue weighted by Gasteiger charge is -2.25. The van der Waals surface area contributed by atoms with Crippen molar-refractivity contribution in [1.29, 1.82) is 0 Å². The van der Waals surface area contributed by atoms with Crippen molar-refractivity contribution in [2.45, 2.75) is 77.4 Å². The topological polar surface area (TPSA) is 288 Å². The molecular formula is C42H48N6O15. The van der Waals surface area contributed by atoms with Crippen molar-refractivity contribution in [2.75, 3.05) is 35.0 Å². The predicted octanol–water partition coefficient (Wildman–Crippen LogP) is 1.62. The van der Waals surface area contributed by atoms with Crippen molar-refractivity contribution in [3.63, 3.8) is 0 Å². The van der Waals surface area contributed by atoms with Crippen LogP contribution in [-0.2, 0) is 57.4 Å². The third-order valence-electron chi connectivity index (χ3n) is 9.28. The monoisotopic (exact) mass is 876 g/mol. The van der Waals surface area contributed by atoms with Crippen molar-refractivity contribution in [3.8, 4) is 0 Å². The van der Waals surface area contributed by atoms with E-state index < -0.39 is 130 Å². The van der Waals surface area contributed by atoms with Crippen LogP contribution in [0.1, 0.15) is 55.2 Å². The van der Waals surface area contributed by atoms with Crippen LogP contribution in [0.3, 0.4) is 0 Å². The molecular weight excluding hydrogens is 828 g/mol. The van der Waals surface area contributed by atoms with E-state index in [2.05, 4.69) is 16.0 Å². The maximum absolute atomic E-state index is 13.3. The molecule has 0 spiro atoms. The Morgan fingerprint density at radius 2 is 0.667 bits per heavy atom. The second-order valence-electron chi connectivity index (χ2n) is 14.4. The average molecular weight is 877 g/mol. The maximum Gasteiger partial charge on any atom is 0.332 e. The van der Waals surface area contributed by atoms with E-state index in [-0.39, 0.29) is 17.1 Å². The summed E-state index contributed by atoms with van der Waals surface area (Å²) in [6.07, 6.45) is -3.29. The maximum atomic E-state index is 13.3. The molecule has 21 heteroatoms. The molecule has 4 rings (SSSR count). The van der Waals surface area contributed by atoms with Crippen LogP contribution in [0.5, 0.6) is 0 Å². The zero-order valence-corrected chi connectivity index (χ0v) is 34.6. The molecule has 1 aliphatic rings. The molecule has 6 N–H and O–H groups in total. The van der Waals surface area contributed by atoms with E-state index in [4.69, 9.17) is 14.2 Å². The Kier molecular flexibility index (Phi) is 17.8. The van der Waals surface area contributed by atoms with E-state index >= 15 is 0 Å². The minimum Gasteiger partial charge on any atom is -0.461 e. The number of hydrogen-bond donors (Lipinski definition) is 6. The van der Waals surface area contributed by atoms with E-state index in [9.17, 15) is 58.8 Å². The number of ether oxygens (including phenoxy) is 3. The third kappa shape index (κ3) is 15.0. The summed E-state index contributed by atoms with van der Waals surface area (Å²) in [5.74, 6) is -9.22. The van der Waals surface area contributed by atoms with Crippen molar-refractivity contribution >= 4 is 70.4 Å². The second kappa shape index (κ2) is 23.1. The molecule has 63 heavy (non-hydrogen) atoms. The van der Waals surface area contributed by atoms with Crippen LogP contribution >= 0.6 is 0 Å². The summed E-state index contributed by atoms with van der Waals surface area (Å²) >= 11 is 0. The zero-order chi connectivity index (χ0) is 46.2. The largest absolute Gasteiger partial charge is 0.461 e. The van der Waals surface area contributed by atoms with Gasteiger partial charge in [0, 0.05) is 38.5 Å². The number of cyclic esters (lactones) is 3. The summed E-state index contributed by atoms with van der Waals surface area (Å²) in [6.45, 7) is 2.69. The fraction of sp³-hybridized carbons (Fsp3) is 0.357. The molecule has 0 aromatic heterocycles. The Bertz CT molecular complexity index is 1910. The standard InChI is InChI=1S/C42H48N6O15/c1-25-4-10-28(11-5-25)46(58)37(52)19-16-34(49)43-31-22-61-41(56)33(45-36(51)18-21-39(54)48(60)30-14-8-27(3)9-15-30)24-63-42(57)32(23-62-40(31)55)44-35(50)17-20-38(53)47(59)29-12-6-26(2)7-13-29/h4-15,31-33,58-60H,16-24H2,1-3H3,(H,43,49)(H,44,50)(H,45,51). The number of carbonyl (C=O) groups is 9. The Morgan fingerprint density at radius 3 is 0.889 bits per heavy atom. The number of hydrogen-bond acceptors (Lipinski definition) is 15. The molecule has 6 amide bonds. The predicted molar refractivity (Wildman–Crippen MR) is 218 cm³/mol. The summed E-state index contributed by atoms with van der Waals surface area (Å²) in [7, 11) is 0. The lowest BCUT2D eigenvalue weighted by molar-refractivity contribution is -0.163. The minimum absolute atomic E-state index is 0.135. The van der Waals surface area contributed by atoms with Gasteiger partial charge in [-0.25, -0.2) is 14.4 Å².